The summed E-state index contributed by atoms with van der Waals surface area (Å²) in [5.41, 5.74) is 3.69. The molecule has 1 aliphatic carbocycles. The van der Waals surface area contributed by atoms with Gasteiger partial charge in [-0.25, -0.2) is 4.98 Å². The maximum absolute atomic E-state index is 10.2. The van der Waals surface area contributed by atoms with Gasteiger partial charge >= 0.3 is 0 Å². The van der Waals surface area contributed by atoms with Gasteiger partial charge in [-0.3, -0.25) is 0 Å². The van der Waals surface area contributed by atoms with E-state index in [1.165, 1.54) is 11.1 Å². The third-order valence-corrected chi connectivity index (χ3v) is 10.1. The van der Waals surface area contributed by atoms with Crippen LogP contribution in [0.3, 0.4) is 0 Å². The van der Waals surface area contributed by atoms with Crippen LogP contribution in [0, 0.1) is 16.9 Å². The fourth-order valence-electron chi connectivity index (χ4n) is 6.41. The van der Waals surface area contributed by atoms with Crippen molar-refractivity contribution in [2.45, 2.75) is 58.2 Å². The Balaban J connectivity index is 0.00000308. The molecule has 2 heterocycles. The van der Waals surface area contributed by atoms with Crippen molar-refractivity contribution in [1.82, 2.24) is 4.98 Å². The van der Waals surface area contributed by atoms with E-state index in [4.69, 9.17) is 9.73 Å². The predicted octanol–water partition coefficient (Wildman–Crippen LogP) is 8.31. The van der Waals surface area contributed by atoms with Crippen LogP contribution in [0.15, 0.2) is 77.8 Å². The number of aromatic nitrogens is 1. The van der Waals surface area contributed by atoms with E-state index in [9.17, 15) is 5.11 Å². The minimum absolute atomic E-state index is 0. The fourth-order valence-corrected chi connectivity index (χ4v) is 8.30. The van der Waals surface area contributed by atoms with Crippen LogP contribution in [0.25, 0.3) is 10.9 Å². The van der Waals surface area contributed by atoms with Crippen molar-refractivity contribution in [3.8, 4) is 17.4 Å². The first-order valence-electron chi connectivity index (χ1n) is 13.1. The topological polar surface area (TPSA) is 54.7 Å². The maximum atomic E-state index is 10.2. The van der Waals surface area contributed by atoms with Gasteiger partial charge in [-0.05, 0) is 40.5 Å². The maximum Gasteiger partial charge on any atom is 0.217 e. The summed E-state index contributed by atoms with van der Waals surface area (Å²) in [5.74, 6) is 1.12. The third-order valence-electron chi connectivity index (χ3n) is 8.15. The molecule has 0 bridgehead atoms. The summed E-state index contributed by atoms with van der Waals surface area (Å²) < 4.78 is 6.00. The van der Waals surface area contributed by atoms with Crippen LogP contribution >= 0.6 is 11.8 Å². The molecule has 0 saturated heterocycles. The van der Waals surface area contributed by atoms with Crippen molar-refractivity contribution in [3.05, 3.63) is 95.6 Å². The molecular weight excluding hydrogens is 684 g/mol. The normalized spacial score (nSPS) is 22.2. The van der Waals surface area contributed by atoms with Gasteiger partial charge in [-0.15, -0.1) is 35.5 Å². The number of aliphatic imine (C=N–C) groups is 1. The zero-order chi connectivity index (χ0) is 26.9. The van der Waals surface area contributed by atoms with Crippen molar-refractivity contribution in [1.29, 1.82) is 0 Å². The average molecular weight is 717 g/mol. The first-order valence-corrected chi connectivity index (χ1v) is 13.9. The quantitative estimate of drug-likeness (QED) is 0.217. The second-order valence-electron chi connectivity index (χ2n) is 12.4. The number of thioether (sulfide) groups is 1. The molecule has 1 aliphatic heterocycles. The van der Waals surface area contributed by atoms with E-state index >= 15 is 0 Å². The zero-order valence-corrected chi connectivity index (χ0v) is 26.2. The van der Waals surface area contributed by atoms with Crippen molar-refractivity contribution >= 4 is 27.7 Å². The Hall–Kier alpha value is -2.62. The molecule has 0 saturated carbocycles. The average Bonchev–Trinajstić information content (AvgIpc) is 3.36. The Kier molecular flexibility index (Phi) is 6.80. The van der Waals surface area contributed by atoms with Crippen molar-refractivity contribution in [2.24, 2.45) is 15.8 Å². The van der Waals surface area contributed by atoms with Crippen LogP contribution < -0.4 is 4.74 Å². The second kappa shape index (κ2) is 9.49. The van der Waals surface area contributed by atoms with E-state index in [2.05, 4.69) is 82.9 Å². The number of phenolic OH excluding ortho intramolecular Hbond substituents is 1. The SMILES string of the molecule is CC(C)(C)[C@@]12Cc3ccccc3[C@]1(C(C)(C)C)N=C(c1[c-]c(Oc3ccc4cccc(O)c4n3)ccc1)S2.[Pt]. The molecular formula is C33H33N2O2PtS-. The number of fused-ring (bicyclic) bond motifs is 4. The summed E-state index contributed by atoms with van der Waals surface area (Å²) in [6, 6.07) is 27.3. The molecule has 0 amide bonds. The minimum atomic E-state index is -0.378. The molecule has 0 fully saturated rings. The minimum Gasteiger partial charge on any atom is -0.506 e. The van der Waals surface area contributed by atoms with Crippen molar-refractivity contribution in [2.75, 3.05) is 0 Å². The van der Waals surface area contributed by atoms with Crippen LogP contribution in [-0.2, 0) is 33.0 Å². The van der Waals surface area contributed by atoms with E-state index in [1.54, 1.807) is 12.1 Å². The summed E-state index contributed by atoms with van der Waals surface area (Å²) >= 11 is 1.90. The van der Waals surface area contributed by atoms with E-state index in [1.807, 2.05) is 42.1 Å². The molecule has 204 valence electrons. The molecule has 39 heavy (non-hydrogen) atoms. The molecule has 0 radical (unpaired) electrons. The molecule has 4 aromatic rings. The molecule has 6 rings (SSSR count). The number of rotatable bonds is 3. The largest absolute Gasteiger partial charge is 0.506 e. The smallest absolute Gasteiger partial charge is 0.217 e. The zero-order valence-electron chi connectivity index (χ0n) is 23.1. The Morgan fingerprint density at radius 1 is 0.872 bits per heavy atom. The van der Waals surface area contributed by atoms with Gasteiger partial charge in [-0.1, -0.05) is 84.0 Å². The van der Waals surface area contributed by atoms with E-state index < -0.39 is 0 Å². The molecule has 3 aromatic carbocycles. The molecule has 0 spiro atoms. The Bertz CT molecular complexity index is 1600. The Labute approximate surface area is 249 Å². The Morgan fingerprint density at radius 3 is 2.36 bits per heavy atom. The second-order valence-corrected chi connectivity index (χ2v) is 13.7. The van der Waals surface area contributed by atoms with Crippen LogP contribution in [0.5, 0.6) is 17.4 Å². The number of benzene rings is 3. The Morgan fingerprint density at radius 2 is 1.62 bits per heavy atom. The number of para-hydroxylation sites is 1. The number of nitrogens with zero attached hydrogens (tertiary/aromatic N) is 2. The molecule has 2 aliphatic rings. The van der Waals surface area contributed by atoms with Crippen LogP contribution in [0.2, 0.25) is 0 Å². The summed E-state index contributed by atoms with van der Waals surface area (Å²) in [6.45, 7) is 14.0. The number of phenols is 1. The van der Waals surface area contributed by atoms with Crippen LogP contribution in [0.4, 0.5) is 0 Å². The van der Waals surface area contributed by atoms with E-state index in [-0.39, 0.29) is 47.9 Å². The third kappa shape index (κ3) is 4.16. The summed E-state index contributed by atoms with van der Waals surface area (Å²) in [7, 11) is 0. The molecule has 2 atom stereocenters. The standard InChI is InChI=1S/C33H33N2O2S.Pt/c1-30(2,3)32-20-23-11-7-8-15-25(23)33(32,31(4,5)6)35-29(38-32)22-13-9-14-24(19-22)37-27-18-17-21-12-10-16-26(36)28(21)34-27;/h7-18,36H,20H2,1-6H3;/q-1;/t32-,33+;/m0./s1. The summed E-state index contributed by atoms with van der Waals surface area (Å²) in [6.07, 6.45) is 0.975. The van der Waals surface area contributed by atoms with Crippen molar-refractivity contribution < 1.29 is 30.9 Å². The summed E-state index contributed by atoms with van der Waals surface area (Å²) in [5, 5.41) is 12.1. The number of hydrogen-bond donors (Lipinski definition) is 1. The first-order chi connectivity index (χ1) is 18.0. The van der Waals surface area contributed by atoms with Crippen molar-refractivity contribution in [3.63, 3.8) is 0 Å². The fraction of sp³-hybridized carbons (Fsp3) is 0.333. The molecule has 0 unspecified atom stereocenters. The summed E-state index contributed by atoms with van der Waals surface area (Å²) in [4.78, 5) is 10.2. The van der Waals surface area contributed by atoms with Crippen LogP contribution in [-0.4, -0.2) is 19.9 Å². The molecule has 4 nitrogen and oxygen atoms in total. The number of ether oxygens (including phenoxy) is 1. The predicted molar refractivity (Wildman–Crippen MR) is 156 cm³/mol. The molecule has 1 N–H and O–H groups in total. The monoisotopic (exact) mass is 716 g/mol. The van der Waals surface area contributed by atoms with E-state index in [0.717, 1.165) is 22.4 Å². The van der Waals surface area contributed by atoms with Gasteiger partial charge in [0.2, 0.25) is 5.88 Å². The van der Waals surface area contributed by atoms with Gasteiger partial charge in [0.05, 0.1) is 10.3 Å². The van der Waals surface area contributed by atoms with E-state index in [0.29, 0.717) is 17.1 Å². The first kappa shape index (κ1) is 27.9. The molecule has 6 heteroatoms. The number of aromatic hydroxyl groups is 1. The molecule has 1 aromatic heterocycles. The van der Waals surface area contributed by atoms with Gasteiger partial charge in [0.1, 0.15) is 11.3 Å². The number of pyridine rings is 1. The van der Waals surface area contributed by atoms with Crippen LogP contribution in [0.1, 0.15) is 58.2 Å². The van der Waals surface area contributed by atoms with Gasteiger partial charge in [0.25, 0.3) is 0 Å². The van der Waals surface area contributed by atoms with Gasteiger partial charge in [0, 0.05) is 43.3 Å². The number of hydrogen-bond acceptors (Lipinski definition) is 5. The van der Waals surface area contributed by atoms with Gasteiger partial charge < -0.3 is 14.8 Å². The van der Waals surface area contributed by atoms with Gasteiger partial charge in [-0.2, -0.15) is 0 Å². The van der Waals surface area contributed by atoms with Gasteiger partial charge in [0.15, 0.2) is 0 Å².